The van der Waals surface area contributed by atoms with Crippen molar-refractivity contribution in [3.63, 3.8) is 0 Å². The van der Waals surface area contributed by atoms with Crippen LogP contribution in [0.2, 0.25) is 0 Å². The van der Waals surface area contributed by atoms with Gasteiger partial charge in [-0.1, -0.05) is 44.4 Å². The van der Waals surface area contributed by atoms with E-state index >= 15 is 0 Å². The summed E-state index contributed by atoms with van der Waals surface area (Å²) in [5.41, 5.74) is 1.41. The number of carbonyl (C=O) groups is 2. The number of nitrogens with zero attached hydrogens (tertiary/aromatic N) is 3. The standard InChI is InChI=1S/C24H31N3O2S/c1-2-21-19(18-10-6-7-11-22(18)30-21)14-25-12-13-26-20(15-25)24(29)27(16-23(26)28)17-8-4-3-5-9-17/h6-7,10-11,17,20H,2-5,8-9,12-16H2,1H3. The lowest BCUT2D eigenvalue weighted by Crippen LogP contribution is -2.68. The number of hydrogen-bond donors (Lipinski definition) is 0. The molecule has 5 nitrogen and oxygen atoms in total. The number of benzene rings is 1. The largest absolute Gasteiger partial charge is 0.329 e. The predicted molar refractivity (Wildman–Crippen MR) is 121 cm³/mol. The van der Waals surface area contributed by atoms with Crippen molar-refractivity contribution >= 4 is 33.2 Å². The van der Waals surface area contributed by atoms with Crippen molar-refractivity contribution in [2.45, 2.75) is 64.1 Å². The number of piperazine rings is 2. The Kier molecular flexibility index (Phi) is 5.54. The van der Waals surface area contributed by atoms with Gasteiger partial charge in [-0.05, 0) is 36.3 Å². The molecule has 6 heteroatoms. The Morgan fingerprint density at radius 2 is 1.83 bits per heavy atom. The minimum atomic E-state index is -0.308. The number of thiophene rings is 1. The maximum atomic E-state index is 13.4. The molecule has 0 radical (unpaired) electrons. The third-order valence-electron chi connectivity index (χ3n) is 7.16. The Hall–Kier alpha value is -1.92. The summed E-state index contributed by atoms with van der Waals surface area (Å²) in [4.78, 5) is 33.8. The van der Waals surface area contributed by atoms with E-state index in [9.17, 15) is 9.59 Å². The molecule has 1 atom stereocenters. The van der Waals surface area contributed by atoms with Crippen LogP contribution in [0.3, 0.4) is 0 Å². The van der Waals surface area contributed by atoms with Crippen LogP contribution in [0.4, 0.5) is 0 Å². The SMILES string of the molecule is CCc1sc2ccccc2c1CN1CCN2C(=O)CN(C3CCCCC3)C(=O)C2C1. The molecule has 1 aliphatic carbocycles. The number of carbonyl (C=O) groups excluding carboxylic acids is 2. The van der Waals surface area contributed by atoms with Crippen LogP contribution >= 0.6 is 11.3 Å². The first kappa shape index (κ1) is 20.0. The summed E-state index contributed by atoms with van der Waals surface area (Å²) in [6, 6.07) is 8.59. The van der Waals surface area contributed by atoms with E-state index in [1.54, 1.807) is 0 Å². The molecule has 2 amide bonds. The monoisotopic (exact) mass is 425 g/mol. The van der Waals surface area contributed by atoms with Gasteiger partial charge >= 0.3 is 0 Å². The second-order valence-electron chi connectivity index (χ2n) is 8.95. The highest BCUT2D eigenvalue weighted by Gasteiger charge is 2.44. The van der Waals surface area contributed by atoms with Gasteiger partial charge in [0.15, 0.2) is 0 Å². The maximum absolute atomic E-state index is 13.4. The van der Waals surface area contributed by atoms with E-state index in [0.29, 0.717) is 13.1 Å². The Bertz CT molecular complexity index is 949. The summed E-state index contributed by atoms with van der Waals surface area (Å²) in [6.45, 7) is 5.53. The lowest BCUT2D eigenvalue weighted by Gasteiger charge is -2.48. The van der Waals surface area contributed by atoms with Gasteiger partial charge in [0.05, 0.1) is 0 Å². The Labute approximate surface area is 182 Å². The molecule has 1 unspecified atom stereocenters. The molecule has 2 saturated heterocycles. The molecule has 0 spiro atoms. The highest BCUT2D eigenvalue weighted by atomic mass is 32.1. The third kappa shape index (κ3) is 3.54. The maximum Gasteiger partial charge on any atom is 0.247 e. The van der Waals surface area contributed by atoms with Gasteiger partial charge in [-0.2, -0.15) is 0 Å². The van der Waals surface area contributed by atoms with Gasteiger partial charge in [0, 0.05) is 41.8 Å². The topological polar surface area (TPSA) is 43.9 Å². The normalized spacial score (nSPS) is 24.0. The molecule has 2 aromatic rings. The van der Waals surface area contributed by atoms with Crippen molar-refractivity contribution in [1.82, 2.24) is 14.7 Å². The Balaban J connectivity index is 1.35. The highest BCUT2D eigenvalue weighted by molar-refractivity contribution is 7.19. The summed E-state index contributed by atoms with van der Waals surface area (Å²) in [7, 11) is 0. The molecule has 1 aromatic carbocycles. The summed E-state index contributed by atoms with van der Waals surface area (Å²) < 4.78 is 1.34. The second kappa shape index (κ2) is 8.31. The summed E-state index contributed by atoms with van der Waals surface area (Å²) in [6.07, 6.45) is 6.74. The third-order valence-corrected chi connectivity index (χ3v) is 8.52. The molecule has 160 valence electrons. The van der Waals surface area contributed by atoms with Crippen LogP contribution in [0, 0.1) is 0 Å². The minimum absolute atomic E-state index is 0.139. The van der Waals surface area contributed by atoms with Crippen molar-refractivity contribution in [2.75, 3.05) is 26.2 Å². The first-order chi connectivity index (χ1) is 14.7. The molecule has 0 bridgehead atoms. The van der Waals surface area contributed by atoms with Gasteiger partial charge in [0.2, 0.25) is 11.8 Å². The molecule has 30 heavy (non-hydrogen) atoms. The first-order valence-corrected chi connectivity index (χ1v) is 12.3. The molecule has 3 aliphatic rings. The number of rotatable bonds is 4. The molecule has 3 fully saturated rings. The minimum Gasteiger partial charge on any atom is -0.329 e. The zero-order valence-corrected chi connectivity index (χ0v) is 18.6. The van der Waals surface area contributed by atoms with E-state index in [0.717, 1.165) is 32.4 Å². The Morgan fingerprint density at radius 3 is 2.63 bits per heavy atom. The summed E-state index contributed by atoms with van der Waals surface area (Å²) >= 11 is 1.89. The molecule has 0 N–H and O–H groups in total. The van der Waals surface area contributed by atoms with Crippen molar-refractivity contribution in [2.24, 2.45) is 0 Å². The van der Waals surface area contributed by atoms with E-state index < -0.39 is 0 Å². The van der Waals surface area contributed by atoms with Gasteiger partial charge in [-0.3, -0.25) is 14.5 Å². The van der Waals surface area contributed by atoms with Gasteiger partial charge in [-0.15, -0.1) is 11.3 Å². The molecule has 5 rings (SSSR count). The van der Waals surface area contributed by atoms with E-state index in [1.165, 1.54) is 39.8 Å². The summed E-state index contributed by atoms with van der Waals surface area (Å²) in [5.74, 6) is 0.317. The van der Waals surface area contributed by atoms with Crippen LogP contribution < -0.4 is 0 Å². The van der Waals surface area contributed by atoms with Gasteiger partial charge in [-0.25, -0.2) is 0 Å². The number of fused-ring (bicyclic) bond motifs is 2. The van der Waals surface area contributed by atoms with Crippen molar-refractivity contribution in [1.29, 1.82) is 0 Å². The fourth-order valence-electron chi connectivity index (χ4n) is 5.53. The van der Waals surface area contributed by atoms with Crippen LogP contribution in [0.1, 0.15) is 49.5 Å². The van der Waals surface area contributed by atoms with Crippen molar-refractivity contribution in [3.05, 3.63) is 34.7 Å². The predicted octanol–water partition coefficient (Wildman–Crippen LogP) is 3.65. The average molecular weight is 426 g/mol. The van der Waals surface area contributed by atoms with Gasteiger partial charge < -0.3 is 9.80 Å². The Morgan fingerprint density at radius 1 is 1.03 bits per heavy atom. The molecule has 1 saturated carbocycles. The fraction of sp³-hybridized carbons (Fsp3) is 0.583. The summed E-state index contributed by atoms with van der Waals surface area (Å²) in [5, 5.41) is 1.34. The van der Waals surface area contributed by atoms with Crippen molar-refractivity contribution in [3.8, 4) is 0 Å². The highest BCUT2D eigenvalue weighted by Crippen LogP contribution is 2.34. The number of amides is 2. The van der Waals surface area contributed by atoms with E-state index in [-0.39, 0.29) is 30.4 Å². The van der Waals surface area contributed by atoms with Gasteiger partial charge in [0.25, 0.3) is 0 Å². The molecule has 3 heterocycles. The van der Waals surface area contributed by atoms with Gasteiger partial charge in [0.1, 0.15) is 12.6 Å². The average Bonchev–Trinajstić information content (AvgIpc) is 3.14. The number of aryl methyl sites for hydroxylation is 1. The fourth-order valence-corrected chi connectivity index (χ4v) is 6.69. The van der Waals surface area contributed by atoms with Crippen LogP contribution in [0.25, 0.3) is 10.1 Å². The van der Waals surface area contributed by atoms with Crippen LogP contribution in [-0.2, 0) is 22.6 Å². The molecular weight excluding hydrogens is 394 g/mol. The second-order valence-corrected chi connectivity index (χ2v) is 10.1. The van der Waals surface area contributed by atoms with Crippen molar-refractivity contribution < 1.29 is 9.59 Å². The zero-order valence-electron chi connectivity index (χ0n) is 17.8. The van der Waals surface area contributed by atoms with E-state index in [2.05, 4.69) is 36.1 Å². The zero-order chi connectivity index (χ0) is 20.7. The molecule has 2 aliphatic heterocycles. The lowest BCUT2D eigenvalue weighted by molar-refractivity contribution is -0.162. The number of hydrogen-bond acceptors (Lipinski definition) is 4. The van der Waals surface area contributed by atoms with E-state index in [1.807, 2.05) is 21.1 Å². The van der Waals surface area contributed by atoms with Crippen LogP contribution in [0.15, 0.2) is 24.3 Å². The first-order valence-electron chi connectivity index (χ1n) is 11.5. The molecule has 1 aromatic heterocycles. The smallest absolute Gasteiger partial charge is 0.247 e. The van der Waals surface area contributed by atoms with E-state index in [4.69, 9.17) is 0 Å². The lowest BCUT2D eigenvalue weighted by atomic mass is 9.92. The van der Waals surface area contributed by atoms with Crippen LogP contribution in [-0.4, -0.2) is 64.8 Å². The molecular formula is C24H31N3O2S. The quantitative estimate of drug-likeness (QED) is 0.751. The van der Waals surface area contributed by atoms with Crippen LogP contribution in [0.5, 0.6) is 0 Å².